The van der Waals surface area contributed by atoms with Crippen LogP contribution in [0, 0.1) is 19.8 Å². The average Bonchev–Trinajstić information content (AvgIpc) is 2.88. The van der Waals surface area contributed by atoms with Gasteiger partial charge in [-0.25, -0.2) is 0 Å². The van der Waals surface area contributed by atoms with Crippen molar-refractivity contribution in [2.75, 3.05) is 13.2 Å². The summed E-state index contributed by atoms with van der Waals surface area (Å²) in [6.45, 7) is 5.04. The van der Waals surface area contributed by atoms with Crippen molar-refractivity contribution in [1.29, 1.82) is 0 Å². The molecule has 1 aliphatic rings. The zero-order chi connectivity index (χ0) is 12.3. The number of carbonyl (C=O) groups is 1. The molecule has 1 aromatic heterocycles. The summed E-state index contributed by atoms with van der Waals surface area (Å²) in [6, 6.07) is 1.97. The molecule has 0 bridgehead atoms. The lowest BCUT2D eigenvalue weighted by Gasteiger charge is -2.08. The van der Waals surface area contributed by atoms with Gasteiger partial charge in [-0.05, 0) is 38.7 Å². The lowest BCUT2D eigenvalue weighted by Crippen LogP contribution is -2.13. The van der Waals surface area contributed by atoms with Gasteiger partial charge in [-0.2, -0.15) is 0 Å². The average molecular weight is 252 g/mol. The van der Waals surface area contributed by atoms with E-state index in [2.05, 4.69) is 0 Å². The molecular formula is C14H20O2S. The highest BCUT2D eigenvalue weighted by Crippen LogP contribution is 2.25. The van der Waals surface area contributed by atoms with Crippen molar-refractivity contribution in [2.24, 2.45) is 5.92 Å². The molecule has 1 aromatic rings. The number of Topliss-reactive ketones (excluding diaryl/α,β-unsaturated/α-hetero) is 1. The van der Waals surface area contributed by atoms with Crippen molar-refractivity contribution in [3.8, 4) is 0 Å². The molecule has 0 atom stereocenters. The van der Waals surface area contributed by atoms with E-state index in [9.17, 15) is 4.79 Å². The topological polar surface area (TPSA) is 26.3 Å². The molecule has 0 unspecified atom stereocenters. The summed E-state index contributed by atoms with van der Waals surface area (Å²) in [6.07, 6.45) is 5.19. The van der Waals surface area contributed by atoms with Crippen molar-refractivity contribution < 1.29 is 9.53 Å². The van der Waals surface area contributed by atoms with E-state index >= 15 is 0 Å². The van der Waals surface area contributed by atoms with E-state index in [1.54, 1.807) is 11.3 Å². The molecule has 2 rings (SSSR count). The van der Waals surface area contributed by atoms with Crippen LogP contribution in [-0.2, 0) is 4.74 Å². The van der Waals surface area contributed by atoms with Gasteiger partial charge in [-0.3, -0.25) is 4.79 Å². The van der Waals surface area contributed by atoms with Crippen molar-refractivity contribution >= 4 is 17.1 Å². The number of carbonyl (C=O) groups excluding carboxylic acids is 1. The van der Waals surface area contributed by atoms with Crippen LogP contribution in [0.2, 0.25) is 0 Å². The molecule has 94 valence electrons. The van der Waals surface area contributed by atoms with E-state index < -0.39 is 0 Å². The number of ether oxygens (including phenoxy) is 1. The van der Waals surface area contributed by atoms with Crippen LogP contribution in [0.4, 0.5) is 0 Å². The fraction of sp³-hybridized carbons (Fsp3) is 0.643. The number of hydrogen-bond donors (Lipinski definition) is 0. The molecule has 0 aliphatic heterocycles. The Morgan fingerprint density at radius 2 is 2.12 bits per heavy atom. The molecule has 17 heavy (non-hydrogen) atoms. The second-order valence-electron chi connectivity index (χ2n) is 4.92. The van der Waals surface area contributed by atoms with Crippen LogP contribution in [0.5, 0.6) is 0 Å². The van der Waals surface area contributed by atoms with Crippen molar-refractivity contribution in [3.05, 3.63) is 21.4 Å². The smallest absolute Gasteiger partial charge is 0.189 e. The molecule has 0 aromatic carbocycles. The van der Waals surface area contributed by atoms with E-state index in [1.165, 1.54) is 30.6 Å². The van der Waals surface area contributed by atoms with Crippen LogP contribution in [0.25, 0.3) is 0 Å². The summed E-state index contributed by atoms with van der Waals surface area (Å²) in [5.41, 5.74) is 0.846. The monoisotopic (exact) mass is 252 g/mol. The molecule has 1 saturated carbocycles. The maximum Gasteiger partial charge on any atom is 0.189 e. The van der Waals surface area contributed by atoms with Gasteiger partial charge in [0.2, 0.25) is 0 Å². The predicted octanol–water partition coefficient (Wildman–Crippen LogP) is 3.75. The second kappa shape index (κ2) is 5.78. The van der Waals surface area contributed by atoms with Crippen molar-refractivity contribution in [2.45, 2.75) is 39.5 Å². The van der Waals surface area contributed by atoms with Gasteiger partial charge in [0.15, 0.2) is 5.78 Å². The Morgan fingerprint density at radius 3 is 2.71 bits per heavy atom. The van der Waals surface area contributed by atoms with Crippen LogP contribution in [0.1, 0.15) is 45.8 Å². The third-order valence-corrected chi connectivity index (χ3v) is 4.37. The molecule has 3 heteroatoms. The quantitative estimate of drug-likeness (QED) is 0.746. The predicted molar refractivity (Wildman–Crippen MR) is 70.9 cm³/mol. The summed E-state index contributed by atoms with van der Waals surface area (Å²) in [7, 11) is 0. The van der Waals surface area contributed by atoms with E-state index in [-0.39, 0.29) is 12.4 Å². The molecule has 0 spiro atoms. The van der Waals surface area contributed by atoms with Crippen LogP contribution in [0.3, 0.4) is 0 Å². The summed E-state index contributed by atoms with van der Waals surface area (Å²) in [5, 5.41) is 0. The van der Waals surface area contributed by atoms with Gasteiger partial charge < -0.3 is 4.74 Å². The molecule has 1 aliphatic carbocycles. The first-order chi connectivity index (χ1) is 8.16. The van der Waals surface area contributed by atoms with Crippen LogP contribution in [-0.4, -0.2) is 19.0 Å². The Morgan fingerprint density at radius 1 is 1.41 bits per heavy atom. The van der Waals surface area contributed by atoms with E-state index in [4.69, 9.17) is 4.74 Å². The first-order valence-electron chi connectivity index (χ1n) is 6.35. The van der Waals surface area contributed by atoms with Gasteiger partial charge in [0.25, 0.3) is 0 Å². The molecule has 1 heterocycles. The zero-order valence-electron chi connectivity index (χ0n) is 10.6. The van der Waals surface area contributed by atoms with Gasteiger partial charge >= 0.3 is 0 Å². The van der Waals surface area contributed by atoms with Gasteiger partial charge in [0.1, 0.15) is 6.61 Å². The number of thiophene rings is 1. The normalized spacial score (nSPS) is 16.6. The minimum absolute atomic E-state index is 0.129. The van der Waals surface area contributed by atoms with Gasteiger partial charge in [-0.15, -0.1) is 11.3 Å². The standard InChI is InChI=1S/C14H20O2S/c1-10-7-13(11(2)17-10)14(15)9-16-8-12-5-3-4-6-12/h7,12H,3-6,8-9H2,1-2H3. The number of hydrogen-bond acceptors (Lipinski definition) is 3. The van der Waals surface area contributed by atoms with E-state index in [0.717, 1.165) is 17.0 Å². The maximum absolute atomic E-state index is 11.9. The van der Waals surface area contributed by atoms with Crippen molar-refractivity contribution in [3.63, 3.8) is 0 Å². The third-order valence-electron chi connectivity index (χ3n) is 3.40. The minimum Gasteiger partial charge on any atom is -0.373 e. The Balaban J connectivity index is 1.78. The zero-order valence-corrected chi connectivity index (χ0v) is 11.4. The Bertz CT molecular complexity index is 389. The minimum atomic E-state index is 0.129. The molecule has 0 N–H and O–H groups in total. The van der Waals surface area contributed by atoms with E-state index in [0.29, 0.717) is 5.92 Å². The summed E-state index contributed by atoms with van der Waals surface area (Å²) in [4.78, 5) is 14.2. The summed E-state index contributed by atoms with van der Waals surface area (Å²) < 4.78 is 5.55. The summed E-state index contributed by atoms with van der Waals surface area (Å²) >= 11 is 1.68. The Kier molecular flexibility index (Phi) is 4.35. The highest BCUT2D eigenvalue weighted by molar-refractivity contribution is 7.12. The Labute approximate surface area is 107 Å². The first-order valence-corrected chi connectivity index (χ1v) is 7.16. The molecule has 0 radical (unpaired) electrons. The highest BCUT2D eigenvalue weighted by Gasteiger charge is 2.17. The molecular weight excluding hydrogens is 232 g/mol. The summed E-state index contributed by atoms with van der Waals surface area (Å²) in [5.74, 6) is 0.818. The van der Waals surface area contributed by atoms with Gasteiger partial charge in [0, 0.05) is 15.3 Å². The molecule has 2 nitrogen and oxygen atoms in total. The molecule has 1 fully saturated rings. The fourth-order valence-corrected chi connectivity index (χ4v) is 3.42. The highest BCUT2D eigenvalue weighted by atomic mass is 32.1. The van der Waals surface area contributed by atoms with Crippen LogP contribution in [0.15, 0.2) is 6.07 Å². The molecule has 0 saturated heterocycles. The number of aryl methyl sites for hydroxylation is 2. The van der Waals surface area contributed by atoms with Crippen LogP contribution < -0.4 is 0 Å². The van der Waals surface area contributed by atoms with Gasteiger partial charge in [-0.1, -0.05) is 12.8 Å². The fourth-order valence-electron chi connectivity index (χ4n) is 2.48. The lowest BCUT2D eigenvalue weighted by molar-refractivity contribution is 0.0681. The second-order valence-corrected chi connectivity index (χ2v) is 6.38. The van der Waals surface area contributed by atoms with Gasteiger partial charge in [0.05, 0.1) is 6.61 Å². The Hall–Kier alpha value is -0.670. The molecule has 0 amide bonds. The van der Waals surface area contributed by atoms with Crippen LogP contribution >= 0.6 is 11.3 Å². The maximum atomic E-state index is 11.9. The number of ketones is 1. The first kappa shape index (κ1) is 12.8. The lowest BCUT2D eigenvalue weighted by atomic mass is 10.1. The largest absolute Gasteiger partial charge is 0.373 e. The SMILES string of the molecule is Cc1cc(C(=O)COCC2CCCC2)c(C)s1. The van der Waals surface area contributed by atoms with Crippen molar-refractivity contribution in [1.82, 2.24) is 0 Å². The number of rotatable bonds is 5. The third kappa shape index (κ3) is 3.39. The van der Waals surface area contributed by atoms with E-state index in [1.807, 2.05) is 19.9 Å².